The van der Waals surface area contributed by atoms with Gasteiger partial charge in [0.15, 0.2) is 5.96 Å². The quantitative estimate of drug-likeness (QED) is 0.520. The Hall–Kier alpha value is -1.76. The summed E-state index contributed by atoms with van der Waals surface area (Å²) in [7, 11) is 0. The normalized spacial score (nSPS) is 12.5. The van der Waals surface area contributed by atoms with Crippen LogP contribution in [0.4, 0.5) is 13.2 Å². The molecule has 1 rings (SSSR count). The minimum Gasteiger partial charge on any atom is -0.367 e. The maximum absolute atomic E-state index is 12.1. The van der Waals surface area contributed by atoms with Crippen molar-refractivity contribution in [2.24, 2.45) is 10.9 Å². The molecule has 0 spiro atoms. The second-order valence-corrected chi connectivity index (χ2v) is 6.23. The average Bonchev–Trinajstić information content (AvgIpc) is 2.51. The molecule has 0 radical (unpaired) electrons. The van der Waals surface area contributed by atoms with Crippen LogP contribution in [0.1, 0.15) is 38.3 Å². The number of nitrogens with zero attached hydrogens (tertiary/aromatic N) is 1. The molecule has 4 nitrogen and oxygen atoms in total. The molecule has 142 valence electrons. The van der Waals surface area contributed by atoms with Crippen LogP contribution >= 0.6 is 0 Å². The lowest BCUT2D eigenvalue weighted by atomic mass is 10.1. The van der Waals surface area contributed by atoms with Gasteiger partial charge in [-0.3, -0.25) is 0 Å². The number of hydrogen-bond donors (Lipinski definition) is 2. The maximum Gasteiger partial charge on any atom is 0.411 e. The van der Waals surface area contributed by atoms with Gasteiger partial charge in [0, 0.05) is 13.1 Å². The van der Waals surface area contributed by atoms with Crippen LogP contribution in [0.25, 0.3) is 0 Å². The fraction of sp³-hybridized carbons (Fsp3) is 0.611. The third kappa shape index (κ3) is 10.7. The topological polar surface area (TPSA) is 45.7 Å². The summed E-state index contributed by atoms with van der Waals surface area (Å²) in [4.78, 5) is 4.51. The molecule has 0 unspecified atom stereocenters. The SMILES string of the molecule is CCNC(=NCc1cccc(COCC(F)(F)F)c1)NCCC(C)C. The summed E-state index contributed by atoms with van der Waals surface area (Å²) in [5.74, 6) is 1.35. The van der Waals surface area contributed by atoms with Gasteiger partial charge < -0.3 is 15.4 Å². The molecule has 0 fully saturated rings. The molecule has 0 aliphatic carbocycles. The predicted octanol–water partition coefficient (Wildman–Crippen LogP) is 3.87. The second kappa shape index (κ2) is 11.0. The van der Waals surface area contributed by atoms with Crippen molar-refractivity contribution in [3.8, 4) is 0 Å². The standard InChI is InChI=1S/C18H28F3N3O/c1-4-22-17(23-9-8-14(2)3)24-11-15-6-5-7-16(10-15)12-25-13-18(19,20)21/h5-7,10,14H,4,8-9,11-13H2,1-3H3,(H2,22,23,24). The zero-order valence-electron chi connectivity index (χ0n) is 15.1. The molecule has 2 N–H and O–H groups in total. The highest BCUT2D eigenvalue weighted by Gasteiger charge is 2.27. The molecule has 7 heteroatoms. The molecule has 1 aromatic rings. The van der Waals surface area contributed by atoms with Crippen molar-refractivity contribution >= 4 is 5.96 Å². The van der Waals surface area contributed by atoms with Crippen molar-refractivity contribution in [3.63, 3.8) is 0 Å². The van der Waals surface area contributed by atoms with Crippen molar-refractivity contribution in [1.82, 2.24) is 10.6 Å². The minimum absolute atomic E-state index is 0.0657. The number of ether oxygens (including phenoxy) is 1. The molecular formula is C18H28F3N3O. The molecule has 0 bridgehead atoms. The van der Waals surface area contributed by atoms with E-state index in [-0.39, 0.29) is 6.61 Å². The van der Waals surface area contributed by atoms with Gasteiger partial charge in [-0.1, -0.05) is 38.1 Å². The summed E-state index contributed by atoms with van der Waals surface area (Å²) in [6.07, 6.45) is -3.25. The van der Waals surface area contributed by atoms with Crippen LogP contribution in [0.2, 0.25) is 0 Å². The Kier molecular flexibility index (Phi) is 9.34. The predicted molar refractivity (Wildman–Crippen MR) is 94.4 cm³/mol. The maximum atomic E-state index is 12.1. The van der Waals surface area contributed by atoms with Crippen LogP contribution < -0.4 is 10.6 Å². The fourth-order valence-corrected chi connectivity index (χ4v) is 2.09. The van der Waals surface area contributed by atoms with Crippen molar-refractivity contribution in [3.05, 3.63) is 35.4 Å². The molecule has 0 aliphatic heterocycles. The van der Waals surface area contributed by atoms with E-state index in [1.807, 2.05) is 19.1 Å². The van der Waals surface area contributed by atoms with Crippen molar-refractivity contribution in [2.45, 2.75) is 46.5 Å². The third-order valence-corrected chi connectivity index (χ3v) is 3.30. The van der Waals surface area contributed by atoms with Gasteiger partial charge in [-0.15, -0.1) is 0 Å². The Balaban J connectivity index is 2.56. The highest BCUT2D eigenvalue weighted by Crippen LogP contribution is 2.16. The number of nitrogens with one attached hydrogen (secondary N) is 2. The highest BCUT2D eigenvalue weighted by atomic mass is 19.4. The van der Waals surface area contributed by atoms with Crippen molar-refractivity contribution in [2.75, 3.05) is 19.7 Å². The van der Waals surface area contributed by atoms with Gasteiger partial charge in [0.05, 0.1) is 13.2 Å². The third-order valence-electron chi connectivity index (χ3n) is 3.30. The van der Waals surface area contributed by atoms with Crippen LogP contribution in [0.5, 0.6) is 0 Å². The zero-order chi connectivity index (χ0) is 18.7. The Bertz CT molecular complexity index is 531. The van der Waals surface area contributed by atoms with Crippen LogP contribution in [-0.2, 0) is 17.9 Å². The van der Waals surface area contributed by atoms with Crippen LogP contribution in [0.15, 0.2) is 29.3 Å². The van der Waals surface area contributed by atoms with Gasteiger partial charge in [-0.05, 0) is 30.4 Å². The molecule has 0 atom stereocenters. The minimum atomic E-state index is -4.30. The molecule has 0 saturated carbocycles. The number of benzene rings is 1. The first-order chi connectivity index (χ1) is 11.8. The van der Waals surface area contributed by atoms with Gasteiger partial charge in [0.2, 0.25) is 0 Å². The summed E-state index contributed by atoms with van der Waals surface area (Å²) >= 11 is 0. The largest absolute Gasteiger partial charge is 0.411 e. The van der Waals surface area contributed by atoms with Crippen LogP contribution in [-0.4, -0.2) is 31.8 Å². The summed E-state index contributed by atoms with van der Waals surface area (Å²) in [6, 6.07) is 7.26. The number of aliphatic imine (C=N–C) groups is 1. The molecule has 0 heterocycles. The van der Waals surface area contributed by atoms with Crippen LogP contribution in [0, 0.1) is 5.92 Å². The number of rotatable bonds is 9. The van der Waals surface area contributed by atoms with E-state index in [1.165, 1.54) is 0 Å². The van der Waals surface area contributed by atoms with Crippen molar-refractivity contribution in [1.29, 1.82) is 0 Å². The lowest BCUT2D eigenvalue weighted by Crippen LogP contribution is -2.38. The van der Waals surface area contributed by atoms with Crippen LogP contribution in [0.3, 0.4) is 0 Å². The zero-order valence-corrected chi connectivity index (χ0v) is 15.1. The molecular weight excluding hydrogens is 331 g/mol. The Morgan fingerprint density at radius 3 is 2.56 bits per heavy atom. The highest BCUT2D eigenvalue weighted by molar-refractivity contribution is 5.79. The number of hydrogen-bond acceptors (Lipinski definition) is 2. The Morgan fingerprint density at radius 1 is 1.20 bits per heavy atom. The molecule has 25 heavy (non-hydrogen) atoms. The lowest BCUT2D eigenvalue weighted by Gasteiger charge is -2.12. The first-order valence-corrected chi connectivity index (χ1v) is 8.54. The van der Waals surface area contributed by atoms with E-state index in [1.54, 1.807) is 12.1 Å². The van der Waals surface area contributed by atoms with Gasteiger partial charge in [-0.2, -0.15) is 13.2 Å². The number of alkyl halides is 3. The number of guanidine groups is 1. The van der Waals surface area contributed by atoms with Gasteiger partial charge in [-0.25, -0.2) is 4.99 Å². The van der Waals surface area contributed by atoms with Gasteiger partial charge in [0.25, 0.3) is 0 Å². The van der Waals surface area contributed by atoms with E-state index in [0.717, 1.165) is 31.0 Å². The first-order valence-electron chi connectivity index (χ1n) is 8.54. The second-order valence-electron chi connectivity index (χ2n) is 6.23. The van der Waals surface area contributed by atoms with Gasteiger partial charge in [0.1, 0.15) is 6.61 Å². The summed E-state index contributed by atoms with van der Waals surface area (Å²) in [6.45, 7) is 7.08. The first kappa shape index (κ1) is 21.3. The van der Waals surface area contributed by atoms with E-state index in [4.69, 9.17) is 4.74 Å². The molecule has 0 saturated heterocycles. The van der Waals surface area contributed by atoms with E-state index >= 15 is 0 Å². The summed E-state index contributed by atoms with van der Waals surface area (Å²) in [5, 5.41) is 6.46. The monoisotopic (exact) mass is 359 g/mol. The Labute approximate surface area is 147 Å². The van der Waals surface area contributed by atoms with Crippen molar-refractivity contribution < 1.29 is 17.9 Å². The van der Waals surface area contributed by atoms with E-state index in [2.05, 4.69) is 29.5 Å². The fourth-order valence-electron chi connectivity index (χ4n) is 2.09. The number of halogens is 3. The molecule has 0 aromatic heterocycles. The van der Waals surface area contributed by atoms with E-state index in [0.29, 0.717) is 18.0 Å². The molecule has 0 amide bonds. The Morgan fingerprint density at radius 2 is 1.92 bits per heavy atom. The summed E-state index contributed by atoms with van der Waals surface area (Å²) < 4.78 is 41.0. The van der Waals surface area contributed by atoms with E-state index in [9.17, 15) is 13.2 Å². The summed E-state index contributed by atoms with van der Waals surface area (Å²) in [5.41, 5.74) is 1.63. The van der Waals surface area contributed by atoms with E-state index < -0.39 is 12.8 Å². The van der Waals surface area contributed by atoms with Gasteiger partial charge >= 0.3 is 6.18 Å². The lowest BCUT2D eigenvalue weighted by molar-refractivity contribution is -0.176. The smallest absolute Gasteiger partial charge is 0.367 e. The molecule has 0 aliphatic rings. The molecule has 1 aromatic carbocycles. The average molecular weight is 359 g/mol.